The van der Waals surface area contributed by atoms with Crippen molar-refractivity contribution in [2.45, 2.75) is 50.9 Å². The van der Waals surface area contributed by atoms with Crippen LogP contribution in [0.1, 0.15) is 31.4 Å². The average molecular weight is 423 g/mol. The van der Waals surface area contributed by atoms with Gasteiger partial charge in [0.15, 0.2) is 0 Å². The van der Waals surface area contributed by atoms with E-state index >= 15 is 0 Å². The van der Waals surface area contributed by atoms with Crippen LogP contribution in [-0.2, 0) is 0 Å². The van der Waals surface area contributed by atoms with Gasteiger partial charge in [0.1, 0.15) is 18.0 Å². The van der Waals surface area contributed by atoms with Gasteiger partial charge in [0, 0.05) is 35.9 Å². The predicted octanol–water partition coefficient (Wildman–Crippen LogP) is 3.86. The number of hydrogen-bond donors (Lipinski definition) is 2. The fraction of sp³-hybridized carbons (Fsp3) is 0.391. The van der Waals surface area contributed by atoms with Crippen LogP contribution >= 0.6 is 0 Å². The van der Waals surface area contributed by atoms with Gasteiger partial charge in [-0.3, -0.25) is 9.97 Å². The summed E-state index contributed by atoms with van der Waals surface area (Å²) in [6.07, 6.45) is 4.61. The number of nitrogens with one attached hydrogen (secondary N) is 1. The number of nitrogens with zero attached hydrogens (tertiary/aromatic N) is 4. The molecule has 1 aliphatic rings. The molecular formula is C23H26FN5O2. The van der Waals surface area contributed by atoms with Gasteiger partial charge in [-0.1, -0.05) is 6.07 Å². The van der Waals surface area contributed by atoms with Crippen LogP contribution in [0, 0.1) is 6.92 Å². The maximum atomic E-state index is 14.5. The Labute approximate surface area is 180 Å². The van der Waals surface area contributed by atoms with Gasteiger partial charge in [0.2, 0.25) is 5.88 Å². The van der Waals surface area contributed by atoms with E-state index in [9.17, 15) is 9.50 Å². The number of phenols is 1. The molecule has 162 valence electrons. The van der Waals surface area contributed by atoms with Crippen molar-refractivity contribution in [1.29, 1.82) is 0 Å². The molecular weight excluding hydrogens is 397 g/mol. The molecule has 31 heavy (non-hydrogen) atoms. The molecule has 0 bridgehead atoms. The number of alkyl halides is 1. The van der Waals surface area contributed by atoms with E-state index < -0.39 is 12.3 Å². The standard InChI is InChI=1S/C23H26FN5O2/c1-14-12-27-20(13-26-14)15-6-7-17(21(30)10-15)19-8-9-23(29-28-19)31-22-11-16(25-2)4-3-5-18(22)24/h6-10,12-13,16,18,22,25,30H,3-5,11H2,1-2H3/t16?,18?,22-/m0/s1. The largest absolute Gasteiger partial charge is 0.507 e. The number of aromatic nitrogens is 4. The number of rotatable bonds is 5. The highest BCUT2D eigenvalue weighted by molar-refractivity contribution is 5.72. The van der Waals surface area contributed by atoms with E-state index in [1.807, 2.05) is 20.0 Å². The smallest absolute Gasteiger partial charge is 0.233 e. The van der Waals surface area contributed by atoms with Gasteiger partial charge in [0.25, 0.3) is 0 Å². The molecule has 1 aliphatic carbocycles. The van der Waals surface area contributed by atoms with Gasteiger partial charge in [-0.2, -0.15) is 0 Å². The third-order valence-electron chi connectivity index (χ3n) is 5.62. The van der Waals surface area contributed by atoms with Crippen molar-refractivity contribution in [1.82, 2.24) is 25.5 Å². The van der Waals surface area contributed by atoms with Crippen LogP contribution in [0.3, 0.4) is 0 Å². The van der Waals surface area contributed by atoms with Gasteiger partial charge in [-0.25, -0.2) is 4.39 Å². The van der Waals surface area contributed by atoms with Crippen molar-refractivity contribution in [3.05, 3.63) is 48.4 Å². The molecule has 0 amide bonds. The fourth-order valence-electron chi connectivity index (χ4n) is 3.81. The maximum Gasteiger partial charge on any atom is 0.233 e. The zero-order chi connectivity index (χ0) is 21.8. The summed E-state index contributed by atoms with van der Waals surface area (Å²) < 4.78 is 20.3. The minimum absolute atomic E-state index is 0.0623. The first kappa shape index (κ1) is 21.1. The highest BCUT2D eigenvalue weighted by Crippen LogP contribution is 2.32. The first-order chi connectivity index (χ1) is 15.0. The Morgan fingerprint density at radius 3 is 2.61 bits per heavy atom. The number of aryl methyl sites for hydroxylation is 1. The van der Waals surface area contributed by atoms with Crippen molar-refractivity contribution < 1.29 is 14.2 Å². The fourth-order valence-corrected chi connectivity index (χ4v) is 3.81. The second-order valence-electron chi connectivity index (χ2n) is 7.86. The molecule has 4 rings (SSSR count). The molecule has 2 unspecified atom stereocenters. The summed E-state index contributed by atoms with van der Waals surface area (Å²) >= 11 is 0. The normalized spacial score (nSPS) is 21.5. The molecule has 2 heterocycles. The summed E-state index contributed by atoms with van der Waals surface area (Å²) in [5.74, 6) is 0.339. The molecule has 1 fully saturated rings. The monoisotopic (exact) mass is 423 g/mol. The van der Waals surface area contributed by atoms with Crippen LogP contribution in [0.15, 0.2) is 42.7 Å². The van der Waals surface area contributed by atoms with Crippen molar-refractivity contribution in [2.24, 2.45) is 0 Å². The third kappa shape index (κ3) is 4.96. The predicted molar refractivity (Wildman–Crippen MR) is 116 cm³/mol. The summed E-state index contributed by atoms with van der Waals surface area (Å²) in [5, 5.41) is 22.0. The second kappa shape index (κ2) is 9.34. The third-order valence-corrected chi connectivity index (χ3v) is 5.62. The highest BCUT2D eigenvalue weighted by atomic mass is 19.1. The summed E-state index contributed by atoms with van der Waals surface area (Å²) in [5.41, 5.74) is 3.29. The van der Waals surface area contributed by atoms with Gasteiger partial charge in [-0.15, -0.1) is 10.2 Å². The second-order valence-corrected chi connectivity index (χ2v) is 7.86. The van der Waals surface area contributed by atoms with E-state index in [1.165, 1.54) is 0 Å². The molecule has 8 heteroatoms. The molecule has 0 spiro atoms. The number of benzene rings is 1. The SMILES string of the molecule is CNC1CCCC(F)[C@@H](Oc2ccc(-c3ccc(-c4cnc(C)cn4)cc3O)nn2)C1. The quantitative estimate of drug-likeness (QED) is 0.602. The van der Waals surface area contributed by atoms with Crippen LogP contribution in [0.5, 0.6) is 11.6 Å². The molecule has 3 aromatic rings. The van der Waals surface area contributed by atoms with Crippen LogP contribution in [0.2, 0.25) is 0 Å². The summed E-state index contributed by atoms with van der Waals surface area (Å²) in [4.78, 5) is 8.56. The van der Waals surface area contributed by atoms with Crippen LogP contribution in [-0.4, -0.2) is 50.6 Å². The Hall–Kier alpha value is -3.13. The first-order valence-electron chi connectivity index (χ1n) is 10.5. The van der Waals surface area contributed by atoms with Gasteiger partial charge in [0.05, 0.1) is 23.3 Å². The number of aromatic hydroxyl groups is 1. The Morgan fingerprint density at radius 1 is 1.06 bits per heavy atom. The number of halogens is 1. The van der Waals surface area contributed by atoms with E-state index in [0.29, 0.717) is 29.8 Å². The summed E-state index contributed by atoms with van der Waals surface area (Å²) in [6, 6.07) is 8.83. The molecule has 2 aromatic heterocycles. The van der Waals surface area contributed by atoms with Crippen molar-refractivity contribution in [3.8, 4) is 34.1 Å². The topological polar surface area (TPSA) is 93.0 Å². The maximum absolute atomic E-state index is 14.5. The van der Waals surface area contributed by atoms with Crippen molar-refractivity contribution in [3.63, 3.8) is 0 Å². The minimum Gasteiger partial charge on any atom is -0.507 e. The summed E-state index contributed by atoms with van der Waals surface area (Å²) in [7, 11) is 1.89. The number of hydrogen-bond acceptors (Lipinski definition) is 7. The lowest BCUT2D eigenvalue weighted by Crippen LogP contribution is -2.35. The van der Waals surface area contributed by atoms with Crippen molar-refractivity contribution in [2.75, 3.05) is 7.05 Å². The van der Waals surface area contributed by atoms with Gasteiger partial charge >= 0.3 is 0 Å². The Balaban J connectivity index is 1.49. The Bertz CT molecular complexity index is 1010. The molecule has 0 aliphatic heterocycles. The van der Waals surface area contributed by atoms with E-state index in [2.05, 4.69) is 25.5 Å². The molecule has 7 nitrogen and oxygen atoms in total. The number of phenolic OH excluding ortho intramolecular Hbond substituents is 1. The summed E-state index contributed by atoms with van der Waals surface area (Å²) in [6.45, 7) is 1.87. The van der Waals surface area contributed by atoms with Crippen LogP contribution in [0.25, 0.3) is 22.5 Å². The molecule has 3 atom stereocenters. The number of ether oxygens (including phenoxy) is 1. The van der Waals surface area contributed by atoms with Crippen LogP contribution < -0.4 is 10.1 Å². The van der Waals surface area contributed by atoms with Gasteiger partial charge < -0.3 is 15.2 Å². The average Bonchev–Trinajstić information content (AvgIpc) is 2.96. The molecule has 0 saturated heterocycles. The lowest BCUT2D eigenvalue weighted by molar-refractivity contribution is 0.0837. The zero-order valence-corrected chi connectivity index (χ0v) is 17.6. The zero-order valence-electron chi connectivity index (χ0n) is 17.6. The highest BCUT2D eigenvalue weighted by Gasteiger charge is 2.29. The Kier molecular flexibility index (Phi) is 6.36. The molecule has 1 saturated carbocycles. The van der Waals surface area contributed by atoms with E-state index in [1.54, 1.807) is 36.7 Å². The van der Waals surface area contributed by atoms with E-state index in [-0.39, 0.29) is 17.7 Å². The van der Waals surface area contributed by atoms with Crippen LogP contribution in [0.4, 0.5) is 4.39 Å². The minimum atomic E-state index is -1.03. The lowest BCUT2D eigenvalue weighted by Gasteiger charge is -2.22. The van der Waals surface area contributed by atoms with Crippen molar-refractivity contribution >= 4 is 0 Å². The molecule has 2 N–H and O–H groups in total. The molecule has 1 aromatic carbocycles. The van der Waals surface area contributed by atoms with E-state index in [0.717, 1.165) is 24.1 Å². The van der Waals surface area contributed by atoms with Gasteiger partial charge in [-0.05, 0) is 51.4 Å². The Morgan fingerprint density at radius 2 is 1.94 bits per heavy atom. The first-order valence-corrected chi connectivity index (χ1v) is 10.5. The molecule has 0 radical (unpaired) electrons. The lowest BCUT2D eigenvalue weighted by atomic mass is 10.1. The van der Waals surface area contributed by atoms with E-state index in [4.69, 9.17) is 4.74 Å².